The van der Waals surface area contributed by atoms with Crippen molar-refractivity contribution in [3.8, 4) is 5.75 Å². The lowest BCUT2D eigenvalue weighted by molar-refractivity contribution is 0.0633. The van der Waals surface area contributed by atoms with Crippen LogP contribution in [0.3, 0.4) is 0 Å². The van der Waals surface area contributed by atoms with E-state index < -0.39 is 0 Å². The van der Waals surface area contributed by atoms with E-state index in [2.05, 4.69) is 54.3 Å². The van der Waals surface area contributed by atoms with Gasteiger partial charge in [0.15, 0.2) is 0 Å². The first-order chi connectivity index (χ1) is 15.6. The number of benzene rings is 2. The molecule has 0 N–H and O–H groups in total. The van der Waals surface area contributed by atoms with Crippen molar-refractivity contribution in [3.63, 3.8) is 0 Å². The van der Waals surface area contributed by atoms with E-state index in [0.717, 1.165) is 55.3 Å². The second kappa shape index (κ2) is 9.47. The largest absolute Gasteiger partial charge is 0.489 e. The molecule has 0 spiro atoms. The van der Waals surface area contributed by atoms with Gasteiger partial charge in [0, 0.05) is 38.3 Å². The number of piperazine rings is 1. The minimum atomic E-state index is 0.147. The number of thiophene rings is 1. The number of carbonyl (C=O) groups excluding carboxylic acids is 1. The third kappa shape index (κ3) is 4.89. The molecule has 1 aliphatic carbocycles. The van der Waals surface area contributed by atoms with E-state index in [1.807, 2.05) is 16.3 Å². The number of nitrogens with zero attached hydrogens (tertiary/aromatic N) is 2. The Morgan fingerprint density at radius 2 is 1.72 bits per heavy atom. The maximum absolute atomic E-state index is 13.0. The summed E-state index contributed by atoms with van der Waals surface area (Å²) in [6.45, 7) is 6.97. The fourth-order valence-corrected chi connectivity index (χ4v) is 5.45. The van der Waals surface area contributed by atoms with Gasteiger partial charge in [0.25, 0.3) is 5.91 Å². The third-order valence-corrected chi connectivity index (χ3v) is 7.49. The molecule has 5 rings (SSSR count). The van der Waals surface area contributed by atoms with Crippen LogP contribution in [0.25, 0.3) is 0 Å². The third-order valence-electron chi connectivity index (χ3n) is 6.53. The smallest absolute Gasteiger partial charge is 0.264 e. The Kier molecular flexibility index (Phi) is 6.28. The Bertz CT molecular complexity index is 1080. The molecular weight excluding hydrogens is 416 g/mol. The van der Waals surface area contributed by atoms with Gasteiger partial charge in [-0.1, -0.05) is 35.9 Å². The summed E-state index contributed by atoms with van der Waals surface area (Å²) in [6, 6.07) is 17.2. The van der Waals surface area contributed by atoms with Crippen LogP contribution in [-0.4, -0.2) is 41.9 Å². The van der Waals surface area contributed by atoms with E-state index in [1.165, 1.54) is 46.4 Å². The summed E-state index contributed by atoms with van der Waals surface area (Å²) in [5.41, 5.74) is 6.57. The molecule has 0 unspecified atom stereocenters. The number of aryl methyl sites for hydroxylation is 3. The monoisotopic (exact) mass is 446 g/mol. The maximum atomic E-state index is 13.0. The molecule has 0 atom stereocenters. The van der Waals surface area contributed by atoms with Crippen LogP contribution in [0.15, 0.2) is 53.9 Å². The van der Waals surface area contributed by atoms with E-state index in [4.69, 9.17) is 4.74 Å². The van der Waals surface area contributed by atoms with Crippen molar-refractivity contribution in [2.75, 3.05) is 26.2 Å². The Hall–Kier alpha value is -2.63. The van der Waals surface area contributed by atoms with Crippen molar-refractivity contribution in [3.05, 3.63) is 86.6 Å². The molecule has 0 radical (unpaired) electrons. The minimum absolute atomic E-state index is 0.147. The summed E-state index contributed by atoms with van der Waals surface area (Å²) in [6.07, 6.45) is 3.59. The van der Waals surface area contributed by atoms with Crippen molar-refractivity contribution in [1.82, 2.24) is 9.80 Å². The lowest BCUT2D eigenvalue weighted by Crippen LogP contribution is -2.48. The lowest BCUT2D eigenvalue weighted by Gasteiger charge is -2.34. The maximum Gasteiger partial charge on any atom is 0.264 e. The molecule has 2 aromatic carbocycles. The average molecular weight is 447 g/mol. The van der Waals surface area contributed by atoms with Gasteiger partial charge in [-0.3, -0.25) is 9.69 Å². The fraction of sp³-hybridized carbons (Fsp3) is 0.370. The summed E-state index contributed by atoms with van der Waals surface area (Å²) >= 11 is 1.53. The lowest BCUT2D eigenvalue weighted by atomic mass is 10.1. The number of ether oxygens (including phenoxy) is 1. The van der Waals surface area contributed by atoms with E-state index in [9.17, 15) is 4.79 Å². The Morgan fingerprint density at radius 3 is 2.53 bits per heavy atom. The van der Waals surface area contributed by atoms with Crippen LogP contribution in [0.5, 0.6) is 5.75 Å². The SMILES string of the molecule is Cc1ccc(CN2CCN(C(=O)c3cc(COc4ccc5c(c4)CCC5)cs3)CC2)cc1. The minimum Gasteiger partial charge on any atom is -0.489 e. The van der Waals surface area contributed by atoms with E-state index in [0.29, 0.717) is 6.61 Å². The second-order valence-electron chi connectivity index (χ2n) is 8.95. The molecule has 2 heterocycles. The average Bonchev–Trinajstić information content (AvgIpc) is 3.48. The van der Waals surface area contributed by atoms with Crippen molar-refractivity contribution in [2.24, 2.45) is 0 Å². The van der Waals surface area contributed by atoms with Crippen molar-refractivity contribution >= 4 is 17.2 Å². The van der Waals surface area contributed by atoms with Crippen molar-refractivity contribution in [2.45, 2.75) is 39.3 Å². The van der Waals surface area contributed by atoms with Crippen LogP contribution < -0.4 is 4.74 Å². The molecule has 32 heavy (non-hydrogen) atoms. The molecular formula is C27H30N2O2S. The summed E-state index contributed by atoms with van der Waals surface area (Å²) in [5, 5.41) is 2.05. The second-order valence-corrected chi connectivity index (χ2v) is 9.86. The molecule has 1 aromatic heterocycles. The fourth-order valence-electron chi connectivity index (χ4n) is 4.58. The summed E-state index contributed by atoms with van der Waals surface area (Å²) in [4.78, 5) is 18.2. The predicted molar refractivity (Wildman–Crippen MR) is 129 cm³/mol. The number of hydrogen-bond acceptors (Lipinski definition) is 4. The van der Waals surface area contributed by atoms with E-state index >= 15 is 0 Å². The molecule has 1 saturated heterocycles. The number of amides is 1. The zero-order valence-electron chi connectivity index (χ0n) is 18.7. The van der Waals surface area contributed by atoms with E-state index in [1.54, 1.807) is 0 Å². The molecule has 4 nitrogen and oxygen atoms in total. The van der Waals surface area contributed by atoms with E-state index in [-0.39, 0.29) is 5.91 Å². The Balaban J connectivity index is 1.12. The van der Waals surface area contributed by atoms with Crippen LogP contribution >= 0.6 is 11.3 Å². The van der Waals surface area contributed by atoms with Gasteiger partial charge in [-0.25, -0.2) is 0 Å². The van der Waals surface area contributed by atoms with Crippen molar-refractivity contribution < 1.29 is 9.53 Å². The Labute approximate surface area is 194 Å². The topological polar surface area (TPSA) is 32.8 Å². The first kappa shape index (κ1) is 21.2. The zero-order chi connectivity index (χ0) is 21.9. The molecule has 0 saturated carbocycles. The van der Waals surface area contributed by atoms with Crippen LogP contribution in [0, 0.1) is 6.92 Å². The standard InChI is InChI=1S/C27H30N2O2S/c1-20-5-7-21(8-6-20)17-28-11-13-29(14-12-28)27(30)26-15-22(19-32-26)18-31-25-10-9-23-3-2-4-24(23)16-25/h5-10,15-16,19H,2-4,11-14,17-18H2,1H3. The molecule has 1 amide bonds. The number of rotatable bonds is 6. The van der Waals surface area contributed by atoms with Gasteiger partial charge >= 0.3 is 0 Å². The molecule has 3 aromatic rings. The van der Waals surface area contributed by atoms with Crippen molar-refractivity contribution in [1.29, 1.82) is 0 Å². The normalized spacial score (nSPS) is 16.2. The van der Waals surface area contributed by atoms with Gasteiger partial charge in [0.05, 0.1) is 4.88 Å². The summed E-state index contributed by atoms with van der Waals surface area (Å²) in [7, 11) is 0. The first-order valence-electron chi connectivity index (χ1n) is 11.5. The van der Waals surface area contributed by atoms with Crippen LogP contribution in [0.4, 0.5) is 0 Å². The highest BCUT2D eigenvalue weighted by Gasteiger charge is 2.23. The van der Waals surface area contributed by atoms with Gasteiger partial charge in [-0.15, -0.1) is 11.3 Å². The first-order valence-corrected chi connectivity index (χ1v) is 12.4. The highest BCUT2D eigenvalue weighted by Crippen LogP contribution is 2.27. The number of hydrogen-bond donors (Lipinski definition) is 0. The van der Waals surface area contributed by atoms with Gasteiger partial charge in [-0.05, 0) is 66.5 Å². The Morgan fingerprint density at radius 1 is 0.938 bits per heavy atom. The van der Waals surface area contributed by atoms with Crippen LogP contribution in [0.1, 0.15) is 43.9 Å². The van der Waals surface area contributed by atoms with Gasteiger partial charge in [0.1, 0.15) is 12.4 Å². The predicted octanol–water partition coefficient (Wildman–Crippen LogP) is 5.08. The number of fused-ring (bicyclic) bond motifs is 1. The molecule has 1 fully saturated rings. The van der Waals surface area contributed by atoms with Gasteiger partial charge in [0.2, 0.25) is 0 Å². The molecule has 2 aliphatic rings. The quantitative estimate of drug-likeness (QED) is 0.529. The highest BCUT2D eigenvalue weighted by atomic mass is 32.1. The summed E-state index contributed by atoms with van der Waals surface area (Å²) in [5.74, 6) is 1.07. The molecule has 1 aliphatic heterocycles. The van der Waals surface area contributed by atoms with Crippen LogP contribution in [-0.2, 0) is 26.0 Å². The van der Waals surface area contributed by atoms with Gasteiger partial charge in [-0.2, -0.15) is 0 Å². The van der Waals surface area contributed by atoms with Gasteiger partial charge < -0.3 is 9.64 Å². The summed E-state index contributed by atoms with van der Waals surface area (Å²) < 4.78 is 6.01. The van der Waals surface area contributed by atoms with Crippen LogP contribution in [0.2, 0.25) is 0 Å². The zero-order valence-corrected chi connectivity index (χ0v) is 19.5. The molecule has 166 valence electrons. The molecule has 5 heteroatoms. The molecule has 0 bridgehead atoms. The highest BCUT2D eigenvalue weighted by molar-refractivity contribution is 7.12. The number of carbonyl (C=O) groups is 1.